The fourth-order valence-electron chi connectivity index (χ4n) is 3.80. The van der Waals surface area contributed by atoms with Gasteiger partial charge in [0.25, 0.3) is 0 Å². The summed E-state index contributed by atoms with van der Waals surface area (Å²) < 4.78 is 6.27. The van der Waals surface area contributed by atoms with Crippen molar-refractivity contribution in [3.8, 4) is 28.5 Å². The predicted octanol–water partition coefficient (Wildman–Crippen LogP) is 5.15. The Bertz CT molecular complexity index is 1270. The van der Waals surface area contributed by atoms with Crippen LogP contribution in [0.5, 0.6) is 17.2 Å². The molecular weight excluding hydrogens is 478 g/mol. The van der Waals surface area contributed by atoms with Gasteiger partial charge in [-0.05, 0) is 37.1 Å². The van der Waals surface area contributed by atoms with Crippen molar-refractivity contribution in [2.45, 2.75) is 32.8 Å². The van der Waals surface area contributed by atoms with Gasteiger partial charge >= 0.3 is 5.97 Å². The molecule has 7 nitrogen and oxygen atoms in total. The third kappa shape index (κ3) is 3.50. The molecule has 0 saturated heterocycles. The number of aryl methyl sites for hydroxylation is 1. The Balaban J connectivity index is 1.84. The van der Waals surface area contributed by atoms with E-state index in [2.05, 4.69) is 20.9 Å². The molecule has 2 heterocycles. The predicted molar refractivity (Wildman–Crippen MR) is 120 cm³/mol. The van der Waals surface area contributed by atoms with E-state index in [1.54, 1.807) is 26.8 Å². The van der Waals surface area contributed by atoms with Gasteiger partial charge in [0.2, 0.25) is 11.5 Å². The molecule has 1 aliphatic heterocycles. The number of ketones is 1. The normalized spacial score (nSPS) is 15.0. The lowest BCUT2D eigenvalue weighted by Gasteiger charge is -2.16. The van der Waals surface area contributed by atoms with Gasteiger partial charge in [-0.3, -0.25) is 9.78 Å². The first kappa shape index (κ1) is 21.8. The molecule has 0 fully saturated rings. The molecule has 4 rings (SSSR count). The third-order valence-electron chi connectivity index (χ3n) is 5.48. The SMILES string of the molecule is Cc1nc(-c2ccc(Br)cc2)cc2c1C(=O)OC2C(=O)c1cc(C(C)C)c(O)c(O)c1O. The van der Waals surface area contributed by atoms with Crippen molar-refractivity contribution < 1.29 is 29.6 Å². The maximum Gasteiger partial charge on any atom is 0.341 e. The Morgan fingerprint density at radius 2 is 1.72 bits per heavy atom. The molecule has 32 heavy (non-hydrogen) atoms. The molecule has 2 aromatic carbocycles. The van der Waals surface area contributed by atoms with Crippen molar-refractivity contribution in [2.75, 3.05) is 0 Å². The first-order chi connectivity index (χ1) is 15.1. The maximum atomic E-state index is 13.4. The van der Waals surface area contributed by atoms with Crippen molar-refractivity contribution in [2.24, 2.45) is 0 Å². The molecule has 0 spiro atoms. The summed E-state index contributed by atoms with van der Waals surface area (Å²) in [7, 11) is 0. The van der Waals surface area contributed by atoms with Gasteiger partial charge in [0, 0.05) is 21.2 Å². The lowest BCUT2D eigenvalue weighted by molar-refractivity contribution is 0.0353. The Morgan fingerprint density at radius 1 is 1.06 bits per heavy atom. The first-order valence-corrected chi connectivity index (χ1v) is 10.7. The number of aromatic hydroxyl groups is 3. The molecule has 1 aromatic heterocycles. The highest BCUT2D eigenvalue weighted by atomic mass is 79.9. The molecule has 164 valence electrons. The van der Waals surface area contributed by atoms with E-state index in [1.165, 1.54) is 6.07 Å². The van der Waals surface area contributed by atoms with Crippen LogP contribution in [-0.4, -0.2) is 32.1 Å². The van der Waals surface area contributed by atoms with Gasteiger partial charge in [0.15, 0.2) is 17.6 Å². The number of ether oxygens (including phenoxy) is 1. The number of halogens is 1. The van der Waals surface area contributed by atoms with Crippen LogP contribution in [-0.2, 0) is 4.74 Å². The number of phenols is 3. The van der Waals surface area contributed by atoms with E-state index in [0.29, 0.717) is 17.0 Å². The van der Waals surface area contributed by atoms with Crippen molar-refractivity contribution in [3.05, 3.63) is 68.8 Å². The number of carbonyl (C=O) groups is 2. The molecule has 8 heteroatoms. The summed E-state index contributed by atoms with van der Waals surface area (Å²) in [6.07, 6.45) is -1.32. The van der Waals surface area contributed by atoms with Crippen molar-refractivity contribution in [1.29, 1.82) is 0 Å². The number of esters is 1. The molecule has 1 unspecified atom stereocenters. The zero-order valence-electron chi connectivity index (χ0n) is 17.5. The van der Waals surface area contributed by atoms with Gasteiger partial charge < -0.3 is 20.1 Å². The van der Waals surface area contributed by atoms with Gasteiger partial charge in [0.05, 0.1) is 22.5 Å². The van der Waals surface area contributed by atoms with E-state index in [4.69, 9.17) is 4.74 Å². The Kier molecular flexibility index (Phi) is 5.42. The number of hydrogen-bond acceptors (Lipinski definition) is 7. The fraction of sp³-hybridized carbons (Fsp3) is 0.208. The highest BCUT2D eigenvalue weighted by Crippen LogP contribution is 2.45. The van der Waals surface area contributed by atoms with Crippen LogP contribution in [0.3, 0.4) is 0 Å². The van der Waals surface area contributed by atoms with E-state index in [1.807, 2.05) is 24.3 Å². The van der Waals surface area contributed by atoms with Gasteiger partial charge in [-0.2, -0.15) is 0 Å². The number of fused-ring (bicyclic) bond motifs is 1. The number of benzene rings is 2. The van der Waals surface area contributed by atoms with Crippen LogP contribution >= 0.6 is 15.9 Å². The number of phenolic OH excluding ortho intramolecular Hbond substituents is 3. The Labute approximate surface area is 192 Å². The standard InChI is InChI=1S/C24H20BrNO6/c1-10(2)14-8-16(20(28)22(30)19(14)27)21(29)23-15-9-17(12-4-6-13(25)7-5-12)26-11(3)18(15)24(31)32-23/h4-10,23,27-28,30H,1-3H3. The van der Waals surface area contributed by atoms with E-state index in [-0.39, 0.29) is 22.6 Å². The summed E-state index contributed by atoms with van der Waals surface area (Å²) in [6, 6.07) is 10.4. The summed E-state index contributed by atoms with van der Waals surface area (Å²) >= 11 is 3.39. The number of carbonyl (C=O) groups excluding carboxylic acids is 2. The minimum Gasteiger partial charge on any atom is -0.504 e. The Hall–Kier alpha value is -3.39. The number of hydrogen-bond donors (Lipinski definition) is 3. The topological polar surface area (TPSA) is 117 Å². The number of aromatic nitrogens is 1. The molecule has 3 aromatic rings. The van der Waals surface area contributed by atoms with Crippen LogP contribution in [0, 0.1) is 6.92 Å². The second kappa shape index (κ2) is 7.94. The van der Waals surface area contributed by atoms with Crippen LogP contribution in [0.15, 0.2) is 40.9 Å². The van der Waals surface area contributed by atoms with Crippen molar-refractivity contribution >= 4 is 27.7 Å². The maximum absolute atomic E-state index is 13.4. The van der Waals surface area contributed by atoms with Gasteiger partial charge in [-0.25, -0.2) is 4.79 Å². The monoisotopic (exact) mass is 497 g/mol. The molecule has 1 atom stereocenters. The van der Waals surface area contributed by atoms with Gasteiger partial charge in [-0.1, -0.05) is 41.9 Å². The molecular formula is C24H20BrNO6. The molecule has 0 radical (unpaired) electrons. The van der Waals surface area contributed by atoms with Crippen molar-refractivity contribution in [1.82, 2.24) is 4.98 Å². The number of pyridine rings is 1. The smallest absolute Gasteiger partial charge is 0.341 e. The molecule has 1 aliphatic rings. The lowest BCUT2D eigenvalue weighted by Crippen LogP contribution is -2.14. The second-order valence-corrected chi connectivity index (χ2v) is 8.84. The molecule has 0 aliphatic carbocycles. The summed E-state index contributed by atoms with van der Waals surface area (Å²) in [5.74, 6) is -3.67. The summed E-state index contributed by atoms with van der Waals surface area (Å²) in [6.45, 7) is 5.20. The molecule has 3 N–H and O–H groups in total. The van der Waals surface area contributed by atoms with E-state index in [0.717, 1.165) is 10.0 Å². The minimum absolute atomic E-state index is 0.204. The highest BCUT2D eigenvalue weighted by molar-refractivity contribution is 9.10. The summed E-state index contributed by atoms with van der Waals surface area (Å²) in [5.41, 5.74) is 2.35. The lowest BCUT2D eigenvalue weighted by atomic mass is 9.92. The minimum atomic E-state index is -1.32. The van der Waals surface area contributed by atoms with E-state index in [9.17, 15) is 24.9 Å². The van der Waals surface area contributed by atoms with Crippen LogP contribution < -0.4 is 0 Å². The number of Topliss-reactive ketones (excluding diaryl/α,β-unsaturated/α-hetero) is 1. The molecule has 0 saturated carbocycles. The van der Waals surface area contributed by atoms with Crippen molar-refractivity contribution in [3.63, 3.8) is 0 Å². The van der Waals surface area contributed by atoms with Crippen LogP contribution in [0.1, 0.15) is 63.4 Å². The number of nitrogens with zero attached hydrogens (tertiary/aromatic N) is 1. The zero-order chi connectivity index (χ0) is 23.3. The Morgan fingerprint density at radius 3 is 2.34 bits per heavy atom. The zero-order valence-corrected chi connectivity index (χ0v) is 19.1. The molecule has 0 amide bonds. The number of rotatable bonds is 4. The highest BCUT2D eigenvalue weighted by Gasteiger charge is 2.40. The van der Waals surface area contributed by atoms with Gasteiger partial charge in [0.1, 0.15) is 0 Å². The summed E-state index contributed by atoms with van der Waals surface area (Å²) in [4.78, 5) is 30.4. The van der Waals surface area contributed by atoms with E-state index >= 15 is 0 Å². The van der Waals surface area contributed by atoms with Crippen LogP contribution in [0.2, 0.25) is 0 Å². The largest absolute Gasteiger partial charge is 0.504 e. The average Bonchev–Trinajstić information content (AvgIpc) is 3.09. The quantitative estimate of drug-likeness (QED) is 0.259. The number of cyclic esters (lactones) is 1. The first-order valence-electron chi connectivity index (χ1n) is 9.90. The van der Waals surface area contributed by atoms with Crippen LogP contribution in [0.25, 0.3) is 11.3 Å². The third-order valence-corrected chi connectivity index (χ3v) is 6.01. The average molecular weight is 498 g/mol. The van der Waals surface area contributed by atoms with Gasteiger partial charge in [-0.15, -0.1) is 0 Å². The molecule has 0 bridgehead atoms. The van der Waals surface area contributed by atoms with E-state index < -0.39 is 35.1 Å². The fourth-order valence-corrected chi connectivity index (χ4v) is 4.06. The second-order valence-electron chi connectivity index (χ2n) is 7.93. The summed E-state index contributed by atoms with van der Waals surface area (Å²) in [5, 5.41) is 30.6. The van der Waals surface area contributed by atoms with Crippen LogP contribution in [0.4, 0.5) is 0 Å².